The van der Waals surface area contributed by atoms with Gasteiger partial charge in [0.05, 0.1) is 24.1 Å². The predicted octanol–water partition coefficient (Wildman–Crippen LogP) is 4.34. The molecule has 0 bridgehead atoms. The highest BCUT2D eigenvalue weighted by molar-refractivity contribution is 5.90. The number of fused-ring (bicyclic) bond motifs is 1. The summed E-state index contributed by atoms with van der Waals surface area (Å²) in [4.78, 5) is 18.0. The monoisotopic (exact) mass is 460 g/mol. The molecule has 1 aliphatic rings. The third kappa shape index (κ3) is 4.66. The molecule has 7 nitrogen and oxygen atoms in total. The number of hydrogen-bond donors (Lipinski definition) is 1. The van der Waals surface area contributed by atoms with E-state index in [-0.39, 0.29) is 5.56 Å². The van der Waals surface area contributed by atoms with Gasteiger partial charge in [-0.2, -0.15) is 4.98 Å². The van der Waals surface area contributed by atoms with Gasteiger partial charge in [0.15, 0.2) is 5.65 Å². The van der Waals surface area contributed by atoms with Crippen molar-refractivity contribution in [3.05, 3.63) is 47.0 Å². The number of nitrogens with one attached hydrogen (secondary N) is 1. The number of rotatable bonds is 6. The minimum Gasteiger partial charge on any atom is -0.479 e. The van der Waals surface area contributed by atoms with Crippen LogP contribution >= 0.6 is 0 Å². The van der Waals surface area contributed by atoms with E-state index in [9.17, 15) is 13.2 Å². The maximum absolute atomic E-state index is 14.7. The van der Waals surface area contributed by atoms with Crippen LogP contribution in [-0.2, 0) is 0 Å². The second-order valence-electron chi connectivity index (χ2n) is 8.21. The topological polar surface area (TPSA) is 66.4 Å². The van der Waals surface area contributed by atoms with Gasteiger partial charge in [0.1, 0.15) is 23.1 Å². The number of aromatic nitrogens is 3. The molecule has 0 spiro atoms. The average molecular weight is 461 g/mol. The predicted molar refractivity (Wildman–Crippen MR) is 122 cm³/mol. The normalized spacial score (nSPS) is 15.8. The number of pyridine rings is 1. The molecule has 3 heterocycles. The van der Waals surface area contributed by atoms with Crippen LogP contribution in [0.5, 0.6) is 5.88 Å². The highest BCUT2D eigenvalue weighted by Crippen LogP contribution is 2.35. The number of hydrogen-bond acceptors (Lipinski definition) is 7. The van der Waals surface area contributed by atoms with Crippen molar-refractivity contribution in [2.45, 2.75) is 26.3 Å². The molecule has 3 aromatic rings. The van der Waals surface area contributed by atoms with Crippen LogP contribution in [0, 0.1) is 12.7 Å². The molecule has 0 aliphatic carbocycles. The van der Waals surface area contributed by atoms with E-state index in [2.05, 4.69) is 37.1 Å². The Morgan fingerprint density at radius 2 is 1.76 bits per heavy atom. The molecular weight excluding hydrogens is 433 g/mol. The van der Waals surface area contributed by atoms with E-state index in [0.29, 0.717) is 28.6 Å². The lowest BCUT2D eigenvalue weighted by molar-refractivity contribution is 0.146. The molecule has 1 N–H and O–H groups in total. The average Bonchev–Trinajstić information content (AvgIpc) is 2.78. The van der Waals surface area contributed by atoms with Crippen LogP contribution in [0.4, 0.5) is 24.7 Å². The molecule has 33 heavy (non-hydrogen) atoms. The number of anilines is 2. The van der Waals surface area contributed by atoms with E-state index in [0.717, 1.165) is 37.9 Å². The van der Waals surface area contributed by atoms with Crippen molar-refractivity contribution in [1.82, 2.24) is 19.9 Å². The zero-order valence-corrected chi connectivity index (χ0v) is 19.1. The van der Waals surface area contributed by atoms with Gasteiger partial charge in [-0.05, 0) is 27.0 Å². The molecule has 0 radical (unpaired) electrons. The molecule has 1 aliphatic heterocycles. The Bertz CT molecular complexity index is 1150. The number of ether oxygens (including phenoxy) is 1. The van der Waals surface area contributed by atoms with Gasteiger partial charge in [-0.1, -0.05) is 18.2 Å². The summed E-state index contributed by atoms with van der Waals surface area (Å²) in [6.07, 6.45) is -2.89. The maximum atomic E-state index is 14.7. The number of benzene rings is 1. The smallest absolute Gasteiger partial charge is 0.266 e. The van der Waals surface area contributed by atoms with Crippen molar-refractivity contribution >= 4 is 22.5 Å². The Morgan fingerprint density at radius 3 is 2.42 bits per heavy atom. The van der Waals surface area contributed by atoms with E-state index in [1.54, 1.807) is 21.0 Å². The van der Waals surface area contributed by atoms with Crippen LogP contribution in [0.3, 0.4) is 0 Å². The van der Waals surface area contributed by atoms with Gasteiger partial charge in [-0.25, -0.2) is 23.1 Å². The van der Waals surface area contributed by atoms with Gasteiger partial charge in [0.2, 0.25) is 5.88 Å². The quantitative estimate of drug-likeness (QED) is 0.587. The fourth-order valence-electron chi connectivity index (χ4n) is 4.02. The summed E-state index contributed by atoms with van der Waals surface area (Å²) in [5, 5.41) is 3.83. The van der Waals surface area contributed by atoms with Crippen molar-refractivity contribution in [2.24, 2.45) is 0 Å². The lowest BCUT2D eigenvalue weighted by Crippen LogP contribution is -2.44. The molecular formula is C23H27F3N6O. The van der Waals surface area contributed by atoms with Gasteiger partial charge in [0, 0.05) is 31.7 Å². The van der Waals surface area contributed by atoms with Crippen LogP contribution < -0.4 is 15.0 Å². The summed E-state index contributed by atoms with van der Waals surface area (Å²) in [7, 11) is 3.65. The SMILES string of the molecule is COc1nc2nc(C)nc(N[C@H](C)c3cccc(C(F)F)c3F)c2cc1N1CCN(C)CC1. The summed E-state index contributed by atoms with van der Waals surface area (Å²) in [6.45, 7) is 6.89. The molecule has 1 aromatic carbocycles. The maximum Gasteiger partial charge on any atom is 0.266 e. The molecule has 10 heteroatoms. The molecule has 4 rings (SSSR count). The van der Waals surface area contributed by atoms with Gasteiger partial charge in [-0.3, -0.25) is 0 Å². The van der Waals surface area contributed by atoms with Crippen molar-refractivity contribution in [3.63, 3.8) is 0 Å². The Balaban J connectivity index is 1.74. The fraction of sp³-hybridized carbons (Fsp3) is 0.435. The first-order valence-corrected chi connectivity index (χ1v) is 10.8. The van der Waals surface area contributed by atoms with Crippen molar-refractivity contribution in [2.75, 3.05) is 50.6 Å². The minimum absolute atomic E-state index is 0.137. The van der Waals surface area contributed by atoms with E-state index >= 15 is 0 Å². The lowest BCUT2D eigenvalue weighted by Gasteiger charge is -2.34. The number of halogens is 3. The third-order valence-electron chi connectivity index (χ3n) is 5.90. The van der Waals surface area contributed by atoms with E-state index < -0.39 is 23.8 Å². The number of methoxy groups -OCH3 is 1. The zero-order chi connectivity index (χ0) is 23.7. The highest BCUT2D eigenvalue weighted by atomic mass is 19.3. The van der Waals surface area contributed by atoms with Crippen LogP contribution in [0.1, 0.15) is 36.3 Å². The Labute approximate surface area is 190 Å². The van der Waals surface area contributed by atoms with Crippen LogP contribution in [0.15, 0.2) is 24.3 Å². The number of aryl methyl sites for hydroxylation is 1. The molecule has 1 fully saturated rings. The minimum atomic E-state index is -2.89. The standard InChI is InChI=1S/C23H27F3N6O/c1-13(15-6-5-7-16(19(15)24)20(25)26)27-21-17-12-18(32-10-8-31(3)9-11-32)23(33-4)30-22(17)29-14(2)28-21/h5-7,12-13,20H,8-11H2,1-4H3,(H,27,28,29,30)/t13-/m1/s1. The summed E-state index contributed by atoms with van der Waals surface area (Å²) in [6, 6.07) is 5.33. The first kappa shape index (κ1) is 23.0. The molecule has 2 aromatic heterocycles. The number of nitrogens with zero attached hydrogens (tertiary/aromatic N) is 5. The second-order valence-corrected chi connectivity index (χ2v) is 8.21. The second kappa shape index (κ2) is 9.38. The van der Waals surface area contributed by atoms with Gasteiger partial charge in [-0.15, -0.1) is 0 Å². The van der Waals surface area contributed by atoms with E-state index in [1.807, 2.05) is 6.07 Å². The molecule has 1 saturated heterocycles. The fourth-order valence-corrected chi connectivity index (χ4v) is 4.02. The zero-order valence-electron chi connectivity index (χ0n) is 19.1. The molecule has 176 valence electrons. The summed E-state index contributed by atoms with van der Waals surface area (Å²) in [5.74, 6) is 0.485. The van der Waals surface area contributed by atoms with Crippen LogP contribution in [0.25, 0.3) is 11.0 Å². The van der Waals surface area contributed by atoms with Crippen LogP contribution in [0.2, 0.25) is 0 Å². The summed E-state index contributed by atoms with van der Waals surface area (Å²) < 4.78 is 46.6. The van der Waals surface area contributed by atoms with Gasteiger partial charge in [0.25, 0.3) is 6.43 Å². The summed E-state index contributed by atoms with van der Waals surface area (Å²) in [5.41, 5.74) is 0.785. The molecule has 1 atom stereocenters. The third-order valence-corrected chi connectivity index (χ3v) is 5.90. The van der Waals surface area contributed by atoms with E-state index in [1.165, 1.54) is 12.1 Å². The number of likely N-dealkylation sites (N-methyl/N-ethyl adjacent to an activating group) is 1. The van der Waals surface area contributed by atoms with E-state index in [4.69, 9.17) is 4.74 Å². The summed E-state index contributed by atoms with van der Waals surface area (Å²) >= 11 is 0. The number of piperazine rings is 1. The van der Waals surface area contributed by atoms with Gasteiger partial charge < -0.3 is 19.9 Å². The largest absolute Gasteiger partial charge is 0.479 e. The highest BCUT2D eigenvalue weighted by Gasteiger charge is 2.23. The molecule has 0 unspecified atom stereocenters. The number of alkyl halides is 2. The van der Waals surface area contributed by atoms with Gasteiger partial charge >= 0.3 is 0 Å². The Hall–Kier alpha value is -3.14. The van der Waals surface area contributed by atoms with Crippen molar-refractivity contribution in [3.8, 4) is 5.88 Å². The van der Waals surface area contributed by atoms with Crippen LogP contribution in [-0.4, -0.2) is 60.2 Å². The Morgan fingerprint density at radius 1 is 1.06 bits per heavy atom. The Kier molecular flexibility index (Phi) is 6.55. The first-order valence-electron chi connectivity index (χ1n) is 10.8. The lowest BCUT2D eigenvalue weighted by atomic mass is 10.0. The first-order chi connectivity index (χ1) is 15.8. The molecule has 0 saturated carbocycles. The van der Waals surface area contributed by atoms with Crippen molar-refractivity contribution < 1.29 is 17.9 Å². The molecule has 0 amide bonds. The van der Waals surface area contributed by atoms with Crippen molar-refractivity contribution in [1.29, 1.82) is 0 Å².